The highest BCUT2D eigenvalue weighted by atomic mass is 16.5. The summed E-state index contributed by atoms with van der Waals surface area (Å²) in [6.45, 7) is 3.99. The Labute approximate surface area is 156 Å². The molecule has 1 fully saturated rings. The first kappa shape index (κ1) is 20.3. The van der Waals surface area contributed by atoms with E-state index >= 15 is 0 Å². The van der Waals surface area contributed by atoms with Gasteiger partial charge in [0.2, 0.25) is 0 Å². The molecule has 0 aliphatic carbocycles. The maximum atomic E-state index is 6.19. The quantitative estimate of drug-likeness (QED) is 0.490. The van der Waals surface area contributed by atoms with Crippen molar-refractivity contribution in [2.75, 3.05) is 58.5 Å². The van der Waals surface area contributed by atoms with E-state index in [1.54, 1.807) is 14.2 Å². The molecule has 0 bridgehead atoms. The Hall–Kier alpha value is -1.04. The molecule has 126 valence electrons. The van der Waals surface area contributed by atoms with Crippen LogP contribution in [0.1, 0.15) is 0 Å². The van der Waals surface area contributed by atoms with Gasteiger partial charge in [-0.2, -0.15) is 0 Å². The van der Waals surface area contributed by atoms with Gasteiger partial charge in [-0.15, -0.1) is 0 Å². The molecule has 1 aromatic rings. The Morgan fingerprint density at radius 3 is 2.12 bits per heavy atom. The number of rotatable bonds is 8. The standard InChI is InChI=1S/C16H23B4N3O2/c1-21-15(17,18)16(19,20)23-9-7-22(8-10-23)13-3-5-14(6-4-13)25-12-11-24-2/h3-6,21H,7-12H2,1-2H3. The predicted octanol–water partition coefficient (Wildman–Crippen LogP) is -0.965. The number of ether oxygens (including phenoxy) is 2. The molecule has 8 radical (unpaired) electrons. The number of nitrogens with zero attached hydrogens (tertiary/aromatic N) is 2. The molecule has 1 heterocycles. The van der Waals surface area contributed by atoms with E-state index in [-0.39, 0.29) is 0 Å². The third-order valence-electron chi connectivity index (χ3n) is 4.64. The van der Waals surface area contributed by atoms with Crippen molar-refractivity contribution in [3.05, 3.63) is 24.3 Å². The lowest BCUT2D eigenvalue weighted by Gasteiger charge is -2.54. The lowest BCUT2D eigenvalue weighted by Crippen LogP contribution is -2.73. The topological polar surface area (TPSA) is 37.0 Å². The molecule has 5 nitrogen and oxygen atoms in total. The normalized spacial score (nSPS) is 16.8. The van der Waals surface area contributed by atoms with Crippen LogP contribution in [-0.2, 0) is 4.74 Å². The molecule has 0 unspecified atom stereocenters. The molecule has 1 aromatic carbocycles. The Morgan fingerprint density at radius 2 is 1.60 bits per heavy atom. The molecule has 1 N–H and O–H groups in total. The van der Waals surface area contributed by atoms with Crippen molar-refractivity contribution >= 4 is 37.1 Å². The molecule has 1 aliphatic rings. The number of anilines is 1. The predicted molar refractivity (Wildman–Crippen MR) is 105 cm³/mol. The number of likely N-dealkylation sites (N-methyl/N-ethyl adjacent to an activating group) is 1. The molecule has 0 spiro atoms. The third kappa shape index (κ3) is 4.78. The maximum absolute atomic E-state index is 6.19. The molecular weight excluding hydrogens is 309 g/mol. The largest absolute Gasteiger partial charge is 0.491 e. The summed E-state index contributed by atoms with van der Waals surface area (Å²) >= 11 is 0. The van der Waals surface area contributed by atoms with Gasteiger partial charge in [0.1, 0.15) is 12.4 Å². The highest BCUT2D eigenvalue weighted by Gasteiger charge is 2.39. The van der Waals surface area contributed by atoms with Gasteiger partial charge in [0.05, 0.1) is 38.0 Å². The zero-order chi connectivity index (χ0) is 18.5. The smallest absolute Gasteiger partial charge is 0.119 e. The fraction of sp³-hybridized carbons (Fsp3) is 0.625. The van der Waals surface area contributed by atoms with Crippen LogP contribution < -0.4 is 15.0 Å². The van der Waals surface area contributed by atoms with Gasteiger partial charge in [0.15, 0.2) is 0 Å². The zero-order valence-corrected chi connectivity index (χ0v) is 15.1. The maximum Gasteiger partial charge on any atom is 0.119 e. The summed E-state index contributed by atoms with van der Waals surface area (Å²) in [5.74, 6) is 0.826. The monoisotopic (exact) mass is 333 g/mol. The van der Waals surface area contributed by atoms with Crippen LogP contribution >= 0.6 is 0 Å². The summed E-state index contributed by atoms with van der Waals surface area (Å²) in [6.07, 6.45) is 0. The van der Waals surface area contributed by atoms with Gasteiger partial charge in [0, 0.05) is 39.0 Å². The highest BCUT2D eigenvalue weighted by molar-refractivity contribution is 6.54. The van der Waals surface area contributed by atoms with Crippen LogP contribution in [0.3, 0.4) is 0 Å². The van der Waals surface area contributed by atoms with Crippen molar-refractivity contribution in [2.24, 2.45) is 0 Å². The lowest BCUT2D eigenvalue weighted by atomic mass is 9.37. The first-order chi connectivity index (χ1) is 11.8. The van der Waals surface area contributed by atoms with E-state index in [9.17, 15) is 0 Å². The Kier molecular flexibility index (Phi) is 6.94. The number of hydrogen-bond donors (Lipinski definition) is 1. The molecule has 9 heteroatoms. The number of benzene rings is 1. The van der Waals surface area contributed by atoms with Gasteiger partial charge in [-0.25, -0.2) is 0 Å². The van der Waals surface area contributed by atoms with E-state index in [2.05, 4.69) is 10.2 Å². The molecule has 25 heavy (non-hydrogen) atoms. The first-order valence-electron chi connectivity index (χ1n) is 8.38. The number of methoxy groups -OCH3 is 1. The van der Waals surface area contributed by atoms with Crippen LogP contribution in [-0.4, -0.2) is 101 Å². The molecule has 1 aliphatic heterocycles. The zero-order valence-electron chi connectivity index (χ0n) is 15.1. The first-order valence-corrected chi connectivity index (χ1v) is 8.38. The van der Waals surface area contributed by atoms with Crippen LogP contribution in [0.15, 0.2) is 24.3 Å². The van der Waals surface area contributed by atoms with Crippen molar-refractivity contribution < 1.29 is 9.47 Å². The lowest BCUT2D eigenvalue weighted by molar-refractivity contribution is 0.146. The van der Waals surface area contributed by atoms with Gasteiger partial charge in [0.25, 0.3) is 0 Å². The van der Waals surface area contributed by atoms with Crippen molar-refractivity contribution in [1.82, 2.24) is 10.2 Å². The second-order valence-corrected chi connectivity index (χ2v) is 6.25. The SMILES string of the molecule is [B]C([B])(NC)C([B])([B])N1CCN(c2ccc(OCCOC)cc2)CC1. The molecule has 0 saturated carbocycles. The molecule has 0 atom stereocenters. The van der Waals surface area contributed by atoms with Gasteiger partial charge in [-0.05, 0) is 31.3 Å². The fourth-order valence-corrected chi connectivity index (χ4v) is 2.79. The Bertz CT molecular complexity index is 535. The van der Waals surface area contributed by atoms with E-state index in [1.165, 1.54) is 0 Å². The van der Waals surface area contributed by atoms with Crippen molar-refractivity contribution in [1.29, 1.82) is 0 Å². The number of nitrogens with one attached hydrogen (secondary N) is 1. The average molecular weight is 333 g/mol. The second-order valence-electron chi connectivity index (χ2n) is 6.25. The van der Waals surface area contributed by atoms with E-state index in [0.29, 0.717) is 26.3 Å². The highest BCUT2D eigenvalue weighted by Crippen LogP contribution is 2.24. The summed E-state index contributed by atoms with van der Waals surface area (Å²) in [5.41, 5.74) is 1.12. The van der Waals surface area contributed by atoms with Crippen LogP contribution in [0.5, 0.6) is 5.75 Å². The minimum atomic E-state index is -1.38. The van der Waals surface area contributed by atoms with Crippen LogP contribution in [0.25, 0.3) is 0 Å². The Morgan fingerprint density at radius 1 is 1.00 bits per heavy atom. The van der Waals surface area contributed by atoms with E-state index in [4.69, 9.17) is 40.9 Å². The molecule has 1 saturated heterocycles. The summed E-state index contributed by atoms with van der Waals surface area (Å²) in [4.78, 5) is 4.17. The Balaban J connectivity index is 1.91. The van der Waals surface area contributed by atoms with Crippen LogP contribution in [0.4, 0.5) is 5.69 Å². The fourth-order valence-electron chi connectivity index (χ4n) is 2.79. The molecule has 0 aromatic heterocycles. The van der Waals surface area contributed by atoms with E-state index in [1.807, 2.05) is 29.2 Å². The van der Waals surface area contributed by atoms with E-state index < -0.39 is 10.7 Å². The third-order valence-corrected chi connectivity index (χ3v) is 4.64. The molecular formula is C16H23B4N3O2. The number of hydrogen-bond acceptors (Lipinski definition) is 5. The minimum absolute atomic E-state index is 0.537. The summed E-state index contributed by atoms with van der Waals surface area (Å²) in [7, 11) is 27.6. The van der Waals surface area contributed by atoms with Crippen LogP contribution in [0, 0.1) is 0 Å². The van der Waals surface area contributed by atoms with Crippen molar-refractivity contribution in [2.45, 2.75) is 10.7 Å². The minimum Gasteiger partial charge on any atom is -0.491 e. The molecule has 0 amide bonds. The summed E-state index contributed by atoms with van der Waals surface area (Å²) in [5, 5.41) is 0.0574. The number of piperazine rings is 1. The van der Waals surface area contributed by atoms with Gasteiger partial charge in [-0.1, -0.05) is 10.7 Å². The van der Waals surface area contributed by atoms with Gasteiger partial charge >= 0.3 is 0 Å². The molecule has 2 rings (SSSR count). The summed E-state index contributed by atoms with van der Waals surface area (Å²) < 4.78 is 10.6. The van der Waals surface area contributed by atoms with Gasteiger partial charge < -0.3 is 24.6 Å². The second kappa shape index (κ2) is 8.56. The average Bonchev–Trinajstić information content (AvgIpc) is 2.62. The summed E-state index contributed by atoms with van der Waals surface area (Å²) in [6, 6.07) is 8.00. The van der Waals surface area contributed by atoms with E-state index in [0.717, 1.165) is 24.5 Å². The van der Waals surface area contributed by atoms with Crippen molar-refractivity contribution in [3.8, 4) is 5.75 Å². The van der Waals surface area contributed by atoms with Crippen LogP contribution in [0.2, 0.25) is 0 Å². The van der Waals surface area contributed by atoms with Crippen molar-refractivity contribution in [3.63, 3.8) is 0 Å². The van der Waals surface area contributed by atoms with Gasteiger partial charge in [-0.3, -0.25) is 0 Å².